The number of methoxy groups -OCH3 is 1. The highest BCUT2D eigenvalue weighted by atomic mass is 16.5. The molecule has 1 aromatic carbocycles. The smallest absolute Gasteiger partial charge is 0.227 e. The highest BCUT2D eigenvalue weighted by molar-refractivity contribution is 5.92. The lowest BCUT2D eigenvalue weighted by Gasteiger charge is -2.17. The first-order chi connectivity index (χ1) is 11.5. The molecule has 1 amide bonds. The number of benzene rings is 1. The van der Waals surface area contributed by atoms with Crippen LogP contribution in [0.3, 0.4) is 0 Å². The lowest BCUT2D eigenvalue weighted by molar-refractivity contribution is -0.119. The number of nitrogens with zero attached hydrogens (tertiary/aromatic N) is 1. The molecule has 2 atom stereocenters. The number of nitrogens with one attached hydrogen (secondary N) is 3. The van der Waals surface area contributed by atoms with Crippen LogP contribution in [0.15, 0.2) is 29.3 Å². The molecule has 0 spiro atoms. The lowest BCUT2D eigenvalue weighted by atomic mass is 10.1. The van der Waals surface area contributed by atoms with Crippen LogP contribution in [0.1, 0.15) is 32.8 Å². The third kappa shape index (κ3) is 7.00. The van der Waals surface area contributed by atoms with Gasteiger partial charge >= 0.3 is 0 Å². The van der Waals surface area contributed by atoms with Gasteiger partial charge in [-0.1, -0.05) is 26.0 Å². The highest BCUT2D eigenvalue weighted by Crippen LogP contribution is 2.13. The third-order valence-corrected chi connectivity index (χ3v) is 3.74. The van der Waals surface area contributed by atoms with Crippen LogP contribution in [0.2, 0.25) is 0 Å². The van der Waals surface area contributed by atoms with E-state index in [-0.39, 0.29) is 17.9 Å². The second-order valence-electron chi connectivity index (χ2n) is 5.93. The van der Waals surface area contributed by atoms with E-state index in [1.165, 1.54) is 0 Å². The van der Waals surface area contributed by atoms with E-state index in [4.69, 9.17) is 4.74 Å². The summed E-state index contributed by atoms with van der Waals surface area (Å²) in [5.41, 5.74) is 1.88. The molecular formula is C18H30N4O2. The van der Waals surface area contributed by atoms with Gasteiger partial charge in [0.05, 0.1) is 6.61 Å². The topological polar surface area (TPSA) is 74.8 Å². The standard InChI is InChI=1S/C18H30N4O2/c1-6-13(2)17(23)22-16-9-7-8-15(10-16)11-20-18(19-4)21-14(3)12-24-5/h7-10,13-14H,6,11-12H2,1-5H3,(H,22,23)(H2,19,20,21). The summed E-state index contributed by atoms with van der Waals surface area (Å²) in [6, 6.07) is 7.99. The van der Waals surface area contributed by atoms with Crippen LogP contribution >= 0.6 is 0 Å². The van der Waals surface area contributed by atoms with Gasteiger partial charge in [0, 0.05) is 38.3 Å². The van der Waals surface area contributed by atoms with Crippen molar-refractivity contribution in [2.45, 2.75) is 39.8 Å². The van der Waals surface area contributed by atoms with E-state index in [1.54, 1.807) is 14.2 Å². The molecule has 6 heteroatoms. The normalized spacial score (nSPS) is 14.0. The molecule has 0 saturated heterocycles. The van der Waals surface area contributed by atoms with Gasteiger partial charge in [0.2, 0.25) is 5.91 Å². The number of aliphatic imine (C=N–C) groups is 1. The van der Waals surface area contributed by atoms with Crippen LogP contribution in [0.4, 0.5) is 5.69 Å². The zero-order chi connectivity index (χ0) is 17.9. The zero-order valence-corrected chi connectivity index (χ0v) is 15.3. The Morgan fingerprint density at radius 1 is 1.33 bits per heavy atom. The summed E-state index contributed by atoms with van der Waals surface area (Å²) >= 11 is 0. The number of carbonyl (C=O) groups excluding carboxylic acids is 1. The second-order valence-corrected chi connectivity index (χ2v) is 5.93. The Balaban J connectivity index is 2.59. The van der Waals surface area contributed by atoms with Gasteiger partial charge in [0.25, 0.3) is 0 Å². The maximum atomic E-state index is 12.0. The minimum absolute atomic E-state index is 0.0112. The molecule has 2 unspecified atom stereocenters. The van der Waals surface area contributed by atoms with Gasteiger partial charge < -0.3 is 20.7 Å². The monoisotopic (exact) mass is 334 g/mol. The third-order valence-electron chi connectivity index (χ3n) is 3.74. The molecule has 0 aromatic heterocycles. The first-order valence-corrected chi connectivity index (χ1v) is 8.36. The zero-order valence-electron chi connectivity index (χ0n) is 15.3. The van der Waals surface area contributed by atoms with Crippen LogP contribution in [-0.2, 0) is 16.1 Å². The van der Waals surface area contributed by atoms with Crippen molar-refractivity contribution in [1.82, 2.24) is 10.6 Å². The van der Waals surface area contributed by atoms with Crippen molar-refractivity contribution in [2.24, 2.45) is 10.9 Å². The van der Waals surface area contributed by atoms with Crippen LogP contribution in [-0.4, -0.2) is 38.7 Å². The van der Waals surface area contributed by atoms with Crippen molar-refractivity contribution < 1.29 is 9.53 Å². The summed E-state index contributed by atoms with van der Waals surface area (Å²) in [7, 11) is 3.41. The van der Waals surface area contributed by atoms with Crippen LogP contribution in [0.5, 0.6) is 0 Å². The Morgan fingerprint density at radius 3 is 2.71 bits per heavy atom. The lowest BCUT2D eigenvalue weighted by Crippen LogP contribution is -2.43. The molecule has 0 aliphatic carbocycles. The molecule has 1 aromatic rings. The predicted molar refractivity (Wildman–Crippen MR) is 99.2 cm³/mol. The average molecular weight is 334 g/mol. The van der Waals surface area contributed by atoms with Crippen molar-refractivity contribution in [3.63, 3.8) is 0 Å². The summed E-state index contributed by atoms with van der Waals surface area (Å²) < 4.78 is 5.11. The minimum atomic E-state index is 0.0112. The second kappa shape index (κ2) is 10.6. The van der Waals surface area contributed by atoms with E-state index in [1.807, 2.05) is 45.0 Å². The summed E-state index contributed by atoms with van der Waals surface area (Å²) in [5.74, 6) is 0.777. The first-order valence-electron chi connectivity index (χ1n) is 8.36. The van der Waals surface area contributed by atoms with Gasteiger partial charge in [0.1, 0.15) is 0 Å². The summed E-state index contributed by atoms with van der Waals surface area (Å²) in [5, 5.41) is 9.47. The Labute approximate surface area is 145 Å². The fraction of sp³-hybridized carbons (Fsp3) is 0.556. The minimum Gasteiger partial charge on any atom is -0.383 e. The number of anilines is 1. The summed E-state index contributed by atoms with van der Waals surface area (Å²) in [4.78, 5) is 16.2. The van der Waals surface area contributed by atoms with E-state index in [0.29, 0.717) is 19.1 Å². The van der Waals surface area contributed by atoms with Crippen LogP contribution in [0, 0.1) is 5.92 Å². The molecule has 24 heavy (non-hydrogen) atoms. The van der Waals surface area contributed by atoms with Crippen molar-refractivity contribution in [3.05, 3.63) is 29.8 Å². The molecule has 0 heterocycles. The van der Waals surface area contributed by atoms with E-state index >= 15 is 0 Å². The molecule has 0 fully saturated rings. The first kappa shape index (κ1) is 20.0. The number of amides is 1. The Kier molecular flexibility index (Phi) is 8.86. The fourth-order valence-corrected chi connectivity index (χ4v) is 2.12. The molecule has 134 valence electrons. The number of carbonyl (C=O) groups is 1. The van der Waals surface area contributed by atoms with E-state index < -0.39 is 0 Å². The maximum absolute atomic E-state index is 12.0. The van der Waals surface area contributed by atoms with Crippen LogP contribution in [0.25, 0.3) is 0 Å². The van der Waals surface area contributed by atoms with Gasteiger partial charge in [-0.2, -0.15) is 0 Å². The molecule has 0 aliphatic heterocycles. The Hall–Kier alpha value is -2.08. The van der Waals surface area contributed by atoms with Gasteiger partial charge in [-0.3, -0.25) is 9.79 Å². The number of hydrogen-bond acceptors (Lipinski definition) is 3. The van der Waals surface area contributed by atoms with Gasteiger partial charge in [-0.25, -0.2) is 0 Å². The molecule has 0 saturated carbocycles. The van der Waals surface area contributed by atoms with Crippen molar-refractivity contribution in [3.8, 4) is 0 Å². The molecule has 0 aliphatic rings. The van der Waals surface area contributed by atoms with E-state index in [2.05, 4.69) is 20.9 Å². The van der Waals surface area contributed by atoms with E-state index in [9.17, 15) is 4.79 Å². The summed E-state index contributed by atoms with van der Waals surface area (Å²) in [6.45, 7) is 7.19. The SMILES string of the molecule is CCC(C)C(=O)Nc1cccc(CNC(=NC)NC(C)COC)c1. The number of hydrogen-bond donors (Lipinski definition) is 3. The maximum Gasteiger partial charge on any atom is 0.227 e. The fourth-order valence-electron chi connectivity index (χ4n) is 2.12. The van der Waals surface area contributed by atoms with Crippen molar-refractivity contribution in [1.29, 1.82) is 0 Å². The molecule has 0 radical (unpaired) electrons. The average Bonchev–Trinajstić information content (AvgIpc) is 2.58. The number of ether oxygens (including phenoxy) is 1. The van der Waals surface area contributed by atoms with Crippen LogP contribution < -0.4 is 16.0 Å². The van der Waals surface area contributed by atoms with Gasteiger partial charge in [-0.05, 0) is 31.0 Å². The molecule has 3 N–H and O–H groups in total. The van der Waals surface area contributed by atoms with Gasteiger partial charge in [-0.15, -0.1) is 0 Å². The quantitative estimate of drug-likeness (QED) is 0.504. The van der Waals surface area contributed by atoms with Crippen molar-refractivity contribution in [2.75, 3.05) is 26.1 Å². The Morgan fingerprint density at radius 2 is 2.08 bits per heavy atom. The van der Waals surface area contributed by atoms with Crippen molar-refractivity contribution >= 4 is 17.6 Å². The Bertz CT molecular complexity index is 546. The molecule has 1 rings (SSSR count). The van der Waals surface area contributed by atoms with E-state index in [0.717, 1.165) is 17.7 Å². The largest absolute Gasteiger partial charge is 0.383 e. The summed E-state index contributed by atoms with van der Waals surface area (Å²) in [6.07, 6.45) is 0.828. The molecular weight excluding hydrogens is 304 g/mol. The number of rotatable bonds is 8. The van der Waals surface area contributed by atoms with Gasteiger partial charge in [0.15, 0.2) is 5.96 Å². The highest BCUT2D eigenvalue weighted by Gasteiger charge is 2.10. The molecule has 0 bridgehead atoms. The predicted octanol–water partition coefficient (Wildman–Crippen LogP) is 2.37. The molecule has 6 nitrogen and oxygen atoms in total. The number of guanidine groups is 1.